The third kappa shape index (κ3) is 2.30. The number of hydrogen-bond acceptors (Lipinski definition) is 3. The van der Waals surface area contributed by atoms with Gasteiger partial charge in [-0.15, -0.1) is 0 Å². The molecule has 1 aliphatic heterocycles. The first-order valence-corrected chi connectivity index (χ1v) is 7.01. The summed E-state index contributed by atoms with van der Waals surface area (Å²) in [6.45, 7) is 5.17. The van der Waals surface area contributed by atoms with Crippen LogP contribution in [0.5, 0.6) is 0 Å². The molecule has 0 amide bonds. The Hall–Kier alpha value is -1.61. The molecule has 0 atom stereocenters. The van der Waals surface area contributed by atoms with Crippen LogP contribution in [0.25, 0.3) is 10.8 Å². The summed E-state index contributed by atoms with van der Waals surface area (Å²) < 4.78 is 0. The van der Waals surface area contributed by atoms with Crippen LogP contribution in [0.15, 0.2) is 36.5 Å². The first-order valence-electron chi connectivity index (χ1n) is 7.01. The van der Waals surface area contributed by atoms with Crippen molar-refractivity contribution in [2.75, 3.05) is 24.5 Å². The van der Waals surface area contributed by atoms with Gasteiger partial charge in [0.1, 0.15) is 5.82 Å². The molecule has 1 fully saturated rings. The fourth-order valence-electron chi connectivity index (χ4n) is 2.82. The largest absolute Gasteiger partial charge is 0.356 e. The molecule has 100 valence electrons. The lowest BCUT2D eigenvalue weighted by molar-refractivity contribution is 0.258. The number of pyridine rings is 1. The molecule has 3 heteroatoms. The van der Waals surface area contributed by atoms with Crippen molar-refractivity contribution in [1.82, 2.24) is 4.98 Å². The smallest absolute Gasteiger partial charge is 0.136 e. The van der Waals surface area contributed by atoms with Crippen LogP contribution in [-0.2, 0) is 0 Å². The highest BCUT2D eigenvalue weighted by Crippen LogP contribution is 2.33. The normalized spacial score (nSPS) is 18.7. The molecule has 0 aliphatic carbocycles. The predicted molar refractivity (Wildman–Crippen MR) is 80.4 cm³/mol. The van der Waals surface area contributed by atoms with Gasteiger partial charge in [0.05, 0.1) is 0 Å². The van der Waals surface area contributed by atoms with Gasteiger partial charge in [-0.2, -0.15) is 0 Å². The maximum Gasteiger partial charge on any atom is 0.136 e. The number of benzene rings is 1. The topological polar surface area (TPSA) is 42.1 Å². The zero-order valence-corrected chi connectivity index (χ0v) is 11.5. The monoisotopic (exact) mass is 255 g/mol. The zero-order valence-electron chi connectivity index (χ0n) is 11.5. The van der Waals surface area contributed by atoms with Crippen molar-refractivity contribution in [3.8, 4) is 0 Å². The average molecular weight is 255 g/mol. The van der Waals surface area contributed by atoms with E-state index in [1.807, 2.05) is 6.20 Å². The molecule has 0 spiro atoms. The molecule has 3 rings (SSSR count). The fraction of sp³-hybridized carbons (Fsp3) is 0.438. The van der Waals surface area contributed by atoms with E-state index in [2.05, 4.69) is 47.1 Å². The standard InChI is InChI=1S/C16H21N3/c1-16(12-17)7-10-19(11-8-16)15-14-5-3-2-4-13(14)6-9-18-15/h2-6,9H,7-8,10-12,17H2,1H3. The predicted octanol–water partition coefficient (Wildman–Crippen LogP) is 2.80. The zero-order chi connectivity index (χ0) is 13.3. The van der Waals surface area contributed by atoms with Crippen LogP contribution < -0.4 is 10.6 Å². The summed E-state index contributed by atoms with van der Waals surface area (Å²) in [7, 11) is 0. The van der Waals surface area contributed by atoms with Crippen LogP contribution in [0, 0.1) is 5.41 Å². The molecular weight excluding hydrogens is 234 g/mol. The Morgan fingerprint density at radius 2 is 1.95 bits per heavy atom. The molecule has 2 heterocycles. The van der Waals surface area contributed by atoms with Crippen LogP contribution in [0.2, 0.25) is 0 Å². The van der Waals surface area contributed by atoms with Gasteiger partial charge in [0.25, 0.3) is 0 Å². The molecule has 2 N–H and O–H groups in total. The number of aromatic nitrogens is 1. The highest BCUT2D eigenvalue weighted by molar-refractivity contribution is 5.92. The number of nitrogens with two attached hydrogens (primary N) is 1. The first kappa shape index (κ1) is 12.4. The molecular formula is C16H21N3. The molecule has 3 nitrogen and oxygen atoms in total. The minimum Gasteiger partial charge on any atom is -0.356 e. The van der Waals surface area contributed by atoms with E-state index in [1.165, 1.54) is 10.8 Å². The van der Waals surface area contributed by atoms with Crippen molar-refractivity contribution in [2.24, 2.45) is 11.1 Å². The Bertz CT molecular complexity index is 566. The summed E-state index contributed by atoms with van der Waals surface area (Å²) in [6.07, 6.45) is 4.21. The lowest BCUT2D eigenvalue weighted by Gasteiger charge is -2.39. The molecule has 19 heavy (non-hydrogen) atoms. The van der Waals surface area contributed by atoms with E-state index in [0.29, 0.717) is 5.41 Å². The van der Waals surface area contributed by atoms with Gasteiger partial charge in [-0.05, 0) is 36.3 Å². The minimum absolute atomic E-state index is 0.307. The molecule has 1 aliphatic rings. The van der Waals surface area contributed by atoms with Gasteiger partial charge in [0, 0.05) is 24.7 Å². The lowest BCUT2D eigenvalue weighted by atomic mass is 9.80. The quantitative estimate of drug-likeness (QED) is 0.897. The van der Waals surface area contributed by atoms with E-state index < -0.39 is 0 Å². The molecule has 0 radical (unpaired) electrons. The fourth-order valence-corrected chi connectivity index (χ4v) is 2.82. The molecule has 1 aromatic carbocycles. The van der Waals surface area contributed by atoms with Crippen molar-refractivity contribution < 1.29 is 0 Å². The molecule has 2 aromatic rings. The Morgan fingerprint density at radius 3 is 2.68 bits per heavy atom. The Kier molecular flexibility index (Phi) is 3.15. The van der Waals surface area contributed by atoms with E-state index in [4.69, 9.17) is 5.73 Å². The van der Waals surface area contributed by atoms with Gasteiger partial charge in [-0.25, -0.2) is 4.98 Å². The van der Waals surface area contributed by atoms with Crippen LogP contribution in [0.4, 0.5) is 5.82 Å². The Morgan fingerprint density at radius 1 is 1.21 bits per heavy atom. The summed E-state index contributed by atoms with van der Waals surface area (Å²) in [5, 5.41) is 2.51. The van der Waals surface area contributed by atoms with Crippen molar-refractivity contribution in [3.05, 3.63) is 36.5 Å². The van der Waals surface area contributed by atoms with Gasteiger partial charge >= 0.3 is 0 Å². The van der Waals surface area contributed by atoms with Gasteiger partial charge in [-0.1, -0.05) is 31.2 Å². The van der Waals surface area contributed by atoms with Gasteiger partial charge in [0.15, 0.2) is 0 Å². The van der Waals surface area contributed by atoms with Crippen molar-refractivity contribution in [1.29, 1.82) is 0 Å². The molecule has 1 aromatic heterocycles. The third-order valence-corrected chi connectivity index (χ3v) is 4.42. The van der Waals surface area contributed by atoms with Crippen LogP contribution in [0.3, 0.4) is 0 Å². The molecule has 0 bridgehead atoms. The van der Waals surface area contributed by atoms with Crippen molar-refractivity contribution in [3.63, 3.8) is 0 Å². The summed E-state index contributed by atoms with van der Waals surface area (Å²) >= 11 is 0. The second-order valence-electron chi connectivity index (χ2n) is 5.86. The van der Waals surface area contributed by atoms with Crippen molar-refractivity contribution in [2.45, 2.75) is 19.8 Å². The first-order chi connectivity index (χ1) is 9.22. The highest BCUT2D eigenvalue weighted by Gasteiger charge is 2.29. The number of anilines is 1. The number of piperidine rings is 1. The third-order valence-electron chi connectivity index (χ3n) is 4.42. The maximum absolute atomic E-state index is 5.88. The van der Waals surface area contributed by atoms with Crippen LogP contribution in [-0.4, -0.2) is 24.6 Å². The van der Waals surface area contributed by atoms with Gasteiger partial charge in [0.2, 0.25) is 0 Å². The molecule has 0 saturated carbocycles. The Balaban J connectivity index is 1.90. The SMILES string of the molecule is CC1(CN)CCN(c2nccc3ccccc23)CC1. The number of fused-ring (bicyclic) bond motifs is 1. The van der Waals surface area contributed by atoms with E-state index in [1.54, 1.807) is 0 Å². The lowest BCUT2D eigenvalue weighted by Crippen LogP contribution is -2.42. The van der Waals surface area contributed by atoms with Gasteiger partial charge < -0.3 is 10.6 Å². The Labute approximate surface area is 114 Å². The second kappa shape index (κ2) is 4.82. The van der Waals surface area contributed by atoms with Crippen LogP contribution >= 0.6 is 0 Å². The van der Waals surface area contributed by atoms with Gasteiger partial charge in [-0.3, -0.25) is 0 Å². The van der Waals surface area contributed by atoms with Crippen LogP contribution in [0.1, 0.15) is 19.8 Å². The van der Waals surface area contributed by atoms with Crippen molar-refractivity contribution >= 4 is 16.6 Å². The van der Waals surface area contributed by atoms with E-state index in [-0.39, 0.29) is 0 Å². The van der Waals surface area contributed by atoms with E-state index in [9.17, 15) is 0 Å². The second-order valence-corrected chi connectivity index (χ2v) is 5.86. The summed E-state index contributed by atoms with van der Waals surface area (Å²) in [5.74, 6) is 1.12. The number of hydrogen-bond donors (Lipinski definition) is 1. The summed E-state index contributed by atoms with van der Waals surface area (Å²) in [4.78, 5) is 7.00. The van der Waals surface area contributed by atoms with E-state index in [0.717, 1.165) is 38.3 Å². The molecule has 0 unspecified atom stereocenters. The summed E-state index contributed by atoms with van der Waals surface area (Å²) in [6, 6.07) is 10.5. The minimum atomic E-state index is 0.307. The number of rotatable bonds is 2. The average Bonchev–Trinajstić information content (AvgIpc) is 2.48. The summed E-state index contributed by atoms with van der Waals surface area (Å²) in [5.41, 5.74) is 6.18. The number of nitrogens with zero attached hydrogens (tertiary/aromatic N) is 2. The maximum atomic E-state index is 5.88. The van der Waals surface area contributed by atoms with E-state index >= 15 is 0 Å². The molecule has 1 saturated heterocycles. The highest BCUT2D eigenvalue weighted by atomic mass is 15.2.